The molecule has 1 aliphatic heterocycles. The lowest BCUT2D eigenvalue weighted by Gasteiger charge is -2.34. The molecule has 2 heterocycles. The van der Waals surface area contributed by atoms with Gasteiger partial charge in [-0.2, -0.15) is 0 Å². The minimum atomic E-state index is 0.0139. The van der Waals surface area contributed by atoms with Crippen molar-refractivity contribution >= 4 is 11.8 Å². The Kier molecular flexibility index (Phi) is 5.30. The van der Waals surface area contributed by atoms with Crippen LogP contribution in [0, 0.1) is 13.8 Å². The molecule has 2 amide bonds. The summed E-state index contributed by atoms with van der Waals surface area (Å²) in [5.74, 6) is 0.960. The molecule has 2 aromatic rings. The zero-order valence-electron chi connectivity index (χ0n) is 15.5. The molecular weight excluding hydrogens is 330 g/mol. The predicted molar refractivity (Wildman–Crippen MR) is 99.4 cm³/mol. The number of H-pyrrole nitrogens is 1. The zero-order valence-corrected chi connectivity index (χ0v) is 15.5. The smallest absolute Gasteiger partial charge is 0.255 e. The van der Waals surface area contributed by atoms with Crippen LogP contribution in [-0.2, 0) is 11.2 Å². The third-order valence-corrected chi connectivity index (χ3v) is 5.18. The topological polar surface area (TPSA) is 65.6 Å². The molecule has 0 radical (unpaired) electrons. The molecule has 138 valence electrons. The summed E-state index contributed by atoms with van der Waals surface area (Å²) < 4.78 is 5.33. The monoisotopic (exact) mass is 355 g/mol. The lowest BCUT2D eigenvalue weighted by atomic mass is 9.99. The van der Waals surface area contributed by atoms with Crippen molar-refractivity contribution in [2.75, 3.05) is 33.3 Å². The molecule has 1 saturated heterocycles. The Bertz CT molecular complexity index is 791. The molecule has 6 nitrogen and oxygen atoms in total. The number of hydrogen-bond donors (Lipinski definition) is 1. The fraction of sp³-hybridized carbons (Fsp3) is 0.400. The van der Waals surface area contributed by atoms with Crippen molar-refractivity contribution in [2.24, 2.45) is 0 Å². The van der Waals surface area contributed by atoms with Crippen LogP contribution in [0.1, 0.15) is 27.0 Å². The Morgan fingerprint density at radius 3 is 2.35 bits per heavy atom. The van der Waals surface area contributed by atoms with E-state index in [-0.39, 0.29) is 11.8 Å². The number of nitrogens with one attached hydrogen (secondary N) is 1. The number of aromatic nitrogens is 1. The summed E-state index contributed by atoms with van der Waals surface area (Å²) in [5, 5.41) is 0. The molecule has 1 aromatic carbocycles. The van der Waals surface area contributed by atoms with Crippen LogP contribution in [-0.4, -0.2) is 59.9 Å². The number of aromatic amines is 1. The fourth-order valence-corrected chi connectivity index (χ4v) is 3.34. The fourth-order valence-electron chi connectivity index (χ4n) is 3.34. The minimum Gasteiger partial charge on any atom is -0.496 e. The van der Waals surface area contributed by atoms with E-state index in [1.807, 2.05) is 30.9 Å². The van der Waals surface area contributed by atoms with Crippen LogP contribution in [0.15, 0.2) is 30.6 Å². The van der Waals surface area contributed by atoms with E-state index in [9.17, 15) is 9.59 Å². The van der Waals surface area contributed by atoms with Crippen LogP contribution < -0.4 is 4.74 Å². The average Bonchev–Trinajstić information content (AvgIpc) is 3.20. The number of carbonyl (C=O) groups is 2. The molecule has 1 fully saturated rings. The molecule has 0 unspecified atom stereocenters. The van der Waals surface area contributed by atoms with Crippen LogP contribution in [0.3, 0.4) is 0 Å². The summed E-state index contributed by atoms with van der Waals surface area (Å²) in [6.07, 6.45) is 3.82. The number of benzene rings is 1. The lowest BCUT2D eigenvalue weighted by molar-refractivity contribution is -0.131. The van der Waals surface area contributed by atoms with Crippen LogP contribution in [0.5, 0.6) is 5.75 Å². The molecule has 0 atom stereocenters. The minimum absolute atomic E-state index is 0.0139. The first-order chi connectivity index (χ1) is 12.5. The highest BCUT2D eigenvalue weighted by Crippen LogP contribution is 2.24. The number of piperazine rings is 1. The summed E-state index contributed by atoms with van der Waals surface area (Å²) in [5.41, 5.74) is 3.85. The van der Waals surface area contributed by atoms with Gasteiger partial charge < -0.3 is 19.5 Å². The number of nitrogens with zero attached hydrogens (tertiary/aromatic N) is 2. The van der Waals surface area contributed by atoms with E-state index in [2.05, 4.69) is 4.98 Å². The van der Waals surface area contributed by atoms with Crippen molar-refractivity contribution in [1.82, 2.24) is 14.8 Å². The Morgan fingerprint density at radius 2 is 1.73 bits per heavy atom. The highest BCUT2D eigenvalue weighted by Gasteiger charge is 2.25. The van der Waals surface area contributed by atoms with Crippen molar-refractivity contribution in [3.8, 4) is 5.75 Å². The summed E-state index contributed by atoms with van der Waals surface area (Å²) >= 11 is 0. The van der Waals surface area contributed by atoms with Crippen LogP contribution in [0.4, 0.5) is 0 Å². The normalized spacial score (nSPS) is 14.4. The van der Waals surface area contributed by atoms with E-state index in [4.69, 9.17) is 4.74 Å². The van der Waals surface area contributed by atoms with Crippen LogP contribution in [0.25, 0.3) is 0 Å². The highest BCUT2D eigenvalue weighted by atomic mass is 16.5. The molecule has 3 rings (SSSR count). The first-order valence-electron chi connectivity index (χ1n) is 8.84. The van der Waals surface area contributed by atoms with E-state index >= 15 is 0 Å². The van der Waals surface area contributed by atoms with Gasteiger partial charge in [-0.15, -0.1) is 0 Å². The number of methoxy groups -OCH3 is 1. The molecule has 0 spiro atoms. The molecule has 1 N–H and O–H groups in total. The third kappa shape index (κ3) is 3.59. The van der Waals surface area contributed by atoms with Crippen LogP contribution in [0.2, 0.25) is 0 Å². The second kappa shape index (κ2) is 7.64. The molecule has 1 aromatic heterocycles. The second-order valence-corrected chi connectivity index (χ2v) is 6.63. The Morgan fingerprint density at radius 1 is 1.04 bits per heavy atom. The molecule has 0 saturated carbocycles. The maximum absolute atomic E-state index is 12.7. The first kappa shape index (κ1) is 18.0. The van der Waals surface area contributed by atoms with Gasteiger partial charge in [0.25, 0.3) is 5.91 Å². The first-order valence-corrected chi connectivity index (χ1v) is 8.84. The molecule has 0 aliphatic carbocycles. The van der Waals surface area contributed by atoms with Gasteiger partial charge in [-0.3, -0.25) is 9.59 Å². The van der Waals surface area contributed by atoms with Crippen molar-refractivity contribution in [2.45, 2.75) is 20.3 Å². The predicted octanol–water partition coefficient (Wildman–Crippen LogP) is 2.17. The number of rotatable bonds is 4. The van der Waals surface area contributed by atoms with Crippen molar-refractivity contribution < 1.29 is 14.3 Å². The van der Waals surface area contributed by atoms with Crippen molar-refractivity contribution in [3.63, 3.8) is 0 Å². The summed E-state index contributed by atoms with van der Waals surface area (Å²) in [7, 11) is 1.65. The number of amides is 2. The third-order valence-electron chi connectivity index (χ3n) is 5.18. The van der Waals surface area contributed by atoms with Gasteiger partial charge in [-0.05, 0) is 42.7 Å². The van der Waals surface area contributed by atoms with Gasteiger partial charge in [0.2, 0.25) is 5.91 Å². The van der Waals surface area contributed by atoms with Gasteiger partial charge in [0.15, 0.2) is 0 Å². The van der Waals surface area contributed by atoms with Gasteiger partial charge in [-0.1, -0.05) is 6.07 Å². The van der Waals surface area contributed by atoms with E-state index in [1.54, 1.807) is 30.5 Å². The van der Waals surface area contributed by atoms with Gasteiger partial charge in [0.1, 0.15) is 5.75 Å². The second-order valence-electron chi connectivity index (χ2n) is 6.63. The van der Waals surface area contributed by atoms with Gasteiger partial charge in [0, 0.05) is 38.6 Å². The quantitative estimate of drug-likeness (QED) is 0.914. The number of carbonyl (C=O) groups excluding carboxylic acids is 2. The molecular formula is C20H25N3O3. The molecule has 6 heteroatoms. The lowest BCUT2D eigenvalue weighted by Crippen LogP contribution is -2.51. The highest BCUT2D eigenvalue weighted by molar-refractivity contribution is 5.94. The molecule has 0 bridgehead atoms. The largest absolute Gasteiger partial charge is 0.496 e. The Labute approximate surface area is 153 Å². The van der Waals surface area contributed by atoms with Gasteiger partial charge >= 0.3 is 0 Å². The van der Waals surface area contributed by atoms with Crippen molar-refractivity contribution in [3.05, 3.63) is 52.8 Å². The molecule has 1 aliphatic rings. The Balaban J connectivity index is 1.59. The van der Waals surface area contributed by atoms with Crippen LogP contribution >= 0.6 is 0 Å². The SMILES string of the molecule is COc1ccc(CC(=O)N2CCN(C(=O)c3cc[nH]c3)CC2)c(C)c1C. The van der Waals surface area contributed by atoms with Gasteiger partial charge in [0.05, 0.1) is 19.1 Å². The van der Waals surface area contributed by atoms with Gasteiger partial charge in [-0.25, -0.2) is 0 Å². The maximum Gasteiger partial charge on any atom is 0.255 e. The summed E-state index contributed by atoms with van der Waals surface area (Å²) in [6.45, 7) is 6.31. The summed E-state index contributed by atoms with van der Waals surface area (Å²) in [4.78, 5) is 31.6. The average molecular weight is 355 g/mol. The number of ether oxygens (including phenoxy) is 1. The van der Waals surface area contributed by atoms with Crippen molar-refractivity contribution in [1.29, 1.82) is 0 Å². The van der Waals surface area contributed by atoms with E-state index in [1.165, 1.54) is 0 Å². The maximum atomic E-state index is 12.7. The standard InChI is InChI=1S/C20H25N3O3/c1-14-15(2)18(26-3)5-4-16(14)12-19(24)22-8-10-23(11-9-22)20(25)17-6-7-21-13-17/h4-7,13,21H,8-12H2,1-3H3. The van der Waals surface area contributed by atoms with E-state index in [0.717, 1.165) is 22.4 Å². The number of hydrogen-bond acceptors (Lipinski definition) is 3. The van der Waals surface area contributed by atoms with E-state index in [0.29, 0.717) is 38.2 Å². The summed E-state index contributed by atoms with van der Waals surface area (Å²) in [6, 6.07) is 5.65. The Hall–Kier alpha value is -2.76. The molecule has 26 heavy (non-hydrogen) atoms. The van der Waals surface area contributed by atoms with E-state index < -0.39 is 0 Å². The zero-order chi connectivity index (χ0) is 18.7.